The second-order valence-electron chi connectivity index (χ2n) is 4.64. The standard InChI is InChI=1S/C12H22N2O2S/c1-2-5-14-12(8-13,10-3-4-10)9-17-7-11(16)6-15/h10-11,14-16H,2-7,9H2,1H3. The van der Waals surface area contributed by atoms with Crippen LogP contribution in [-0.4, -0.2) is 46.5 Å². The molecule has 1 fully saturated rings. The van der Waals surface area contributed by atoms with Crippen molar-refractivity contribution in [2.24, 2.45) is 5.92 Å². The summed E-state index contributed by atoms with van der Waals surface area (Å²) >= 11 is 1.54. The highest BCUT2D eigenvalue weighted by Crippen LogP contribution is 2.41. The molecule has 0 spiro atoms. The Morgan fingerprint density at radius 2 is 2.29 bits per heavy atom. The Kier molecular flexibility index (Phi) is 6.28. The van der Waals surface area contributed by atoms with E-state index in [4.69, 9.17) is 5.11 Å². The molecule has 0 aromatic carbocycles. The van der Waals surface area contributed by atoms with Gasteiger partial charge in [0, 0.05) is 11.5 Å². The Morgan fingerprint density at radius 3 is 2.76 bits per heavy atom. The first-order valence-electron chi connectivity index (χ1n) is 6.21. The Bertz CT molecular complexity index is 266. The summed E-state index contributed by atoms with van der Waals surface area (Å²) in [7, 11) is 0. The molecule has 1 aliphatic rings. The average Bonchev–Trinajstić information content (AvgIpc) is 3.18. The van der Waals surface area contributed by atoms with E-state index in [9.17, 15) is 10.4 Å². The van der Waals surface area contributed by atoms with Crippen LogP contribution in [0.3, 0.4) is 0 Å². The number of nitrogens with zero attached hydrogens (tertiary/aromatic N) is 1. The average molecular weight is 258 g/mol. The molecule has 0 aliphatic heterocycles. The zero-order valence-electron chi connectivity index (χ0n) is 10.4. The van der Waals surface area contributed by atoms with Crippen molar-refractivity contribution in [3.05, 3.63) is 0 Å². The molecule has 1 saturated carbocycles. The van der Waals surface area contributed by atoms with E-state index in [0.717, 1.165) is 25.8 Å². The fraction of sp³-hybridized carbons (Fsp3) is 0.917. The van der Waals surface area contributed by atoms with Gasteiger partial charge < -0.3 is 10.2 Å². The quantitative estimate of drug-likeness (QED) is 0.569. The maximum Gasteiger partial charge on any atom is 0.118 e. The highest BCUT2D eigenvalue weighted by molar-refractivity contribution is 7.99. The summed E-state index contributed by atoms with van der Waals surface area (Å²) in [5.74, 6) is 1.63. The van der Waals surface area contributed by atoms with Gasteiger partial charge in [0.2, 0.25) is 0 Å². The van der Waals surface area contributed by atoms with Crippen molar-refractivity contribution < 1.29 is 10.2 Å². The summed E-state index contributed by atoms with van der Waals surface area (Å²) in [6.45, 7) is 2.73. The molecule has 0 heterocycles. The maximum atomic E-state index is 9.40. The Hall–Kier alpha value is -0.280. The number of nitrogens with one attached hydrogen (secondary N) is 1. The van der Waals surface area contributed by atoms with Crippen molar-refractivity contribution in [2.75, 3.05) is 24.7 Å². The van der Waals surface area contributed by atoms with Crippen LogP contribution in [0.5, 0.6) is 0 Å². The van der Waals surface area contributed by atoms with Crippen LogP contribution < -0.4 is 5.32 Å². The molecule has 5 heteroatoms. The highest BCUT2D eigenvalue weighted by Gasteiger charge is 2.45. The molecule has 0 aromatic rings. The highest BCUT2D eigenvalue weighted by atomic mass is 32.2. The van der Waals surface area contributed by atoms with Crippen LogP contribution in [0.25, 0.3) is 0 Å². The summed E-state index contributed by atoms with van der Waals surface area (Å²) in [6.07, 6.45) is 2.57. The van der Waals surface area contributed by atoms with Gasteiger partial charge in [-0.05, 0) is 31.7 Å². The minimum absolute atomic E-state index is 0.210. The van der Waals surface area contributed by atoms with E-state index in [1.165, 1.54) is 0 Å². The van der Waals surface area contributed by atoms with Crippen LogP contribution in [0, 0.1) is 17.2 Å². The van der Waals surface area contributed by atoms with Crippen LogP contribution in [0.15, 0.2) is 0 Å². The van der Waals surface area contributed by atoms with Gasteiger partial charge >= 0.3 is 0 Å². The van der Waals surface area contributed by atoms with Gasteiger partial charge in [0.15, 0.2) is 0 Å². The van der Waals surface area contributed by atoms with Gasteiger partial charge in [-0.3, -0.25) is 5.32 Å². The number of hydrogen-bond acceptors (Lipinski definition) is 5. The molecule has 0 radical (unpaired) electrons. The molecule has 0 aromatic heterocycles. The summed E-state index contributed by atoms with van der Waals surface area (Å²) in [6, 6.07) is 2.43. The smallest absolute Gasteiger partial charge is 0.118 e. The van der Waals surface area contributed by atoms with Crippen molar-refractivity contribution in [3.8, 4) is 6.07 Å². The molecule has 17 heavy (non-hydrogen) atoms. The number of rotatable bonds is 9. The minimum Gasteiger partial charge on any atom is -0.394 e. The predicted octanol–water partition coefficient (Wildman–Crippen LogP) is 0.745. The largest absolute Gasteiger partial charge is 0.394 e. The van der Waals surface area contributed by atoms with Gasteiger partial charge in [-0.1, -0.05) is 6.92 Å². The third-order valence-electron chi connectivity index (χ3n) is 3.01. The molecular formula is C12H22N2O2S. The number of hydrogen-bond donors (Lipinski definition) is 3. The van der Waals surface area contributed by atoms with Crippen LogP contribution in [-0.2, 0) is 0 Å². The number of aliphatic hydroxyl groups is 2. The summed E-state index contributed by atoms with van der Waals surface area (Å²) < 4.78 is 0. The van der Waals surface area contributed by atoms with Crippen molar-refractivity contribution in [1.82, 2.24) is 5.32 Å². The van der Waals surface area contributed by atoms with Crippen molar-refractivity contribution in [3.63, 3.8) is 0 Å². The number of thioether (sulfide) groups is 1. The fourth-order valence-electron chi connectivity index (χ4n) is 1.81. The molecule has 98 valence electrons. The van der Waals surface area contributed by atoms with Crippen molar-refractivity contribution in [1.29, 1.82) is 5.26 Å². The van der Waals surface area contributed by atoms with Gasteiger partial charge in [-0.15, -0.1) is 0 Å². The second kappa shape index (κ2) is 7.22. The lowest BCUT2D eigenvalue weighted by atomic mass is 9.97. The summed E-state index contributed by atoms with van der Waals surface area (Å²) in [5.41, 5.74) is -0.435. The normalized spacial score (nSPS) is 20.6. The minimum atomic E-state index is -0.679. The van der Waals surface area contributed by atoms with Crippen LogP contribution in [0.1, 0.15) is 26.2 Å². The van der Waals surface area contributed by atoms with Crippen LogP contribution >= 0.6 is 11.8 Å². The van der Waals surface area contributed by atoms with E-state index < -0.39 is 11.6 Å². The Morgan fingerprint density at radius 1 is 1.59 bits per heavy atom. The van der Waals surface area contributed by atoms with E-state index in [2.05, 4.69) is 18.3 Å². The first-order valence-corrected chi connectivity index (χ1v) is 7.37. The first kappa shape index (κ1) is 14.8. The Labute approximate surface area is 107 Å². The molecule has 0 amide bonds. The van der Waals surface area contributed by atoms with Crippen molar-refractivity contribution >= 4 is 11.8 Å². The van der Waals surface area contributed by atoms with E-state index in [1.54, 1.807) is 11.8 Å². The molecule has 3 N–H and O–H groups in total. The van der Waals surface area contributed by atoms with Crippen LogP contribution in [0.2, 0.25) is 0 Å². The number of nitriles is 1. The lowest BCUT2D eigenvalue weighted by molar-refractivity contribution is 0.113. The lowest BCUT2D eigenvalue weighted by Gasteiger charge is -2.28. The molecular weight excluding hydrogens is 236 g/mol. The zero-order valence-corrected chi connectivity index (χ0v) is 11.2. The molecule has 1 aliphatic carbocycles. The van der Waals surface area contributed by atoms with Gasteiger partial charge in [0.1, 0.15) is 5.54 Å². The van der Waals surface area contributed by atoms with Gasteiger partial charge in [-0.2, -0.15) is 17.0 Å². The number of aliphatic hydroxyl groups excluding tert-OH is 2. The molecule has 2 atom stereocenters. The topological polar surface area (TPSA) is 76.3 Å². The molecule has 4 nitrogen and oxygen atoms in total. The first-order chi connectivity index (χ1) is 8.18. The maximum absolute atomic E-state index is 9.40. The molecule has 2 unspecified atom stereocenters. The zero-order chi connectivity index (χ0) is 12.7. The third kappa shape index (κ3) is 4.47. The van der Waals surface area contributed by atoms with Crippen LogP contribution in [0.4, 0.5) is 0 Å². The van der Waals surface area contributed by atoms with Gasteiger partial charge in [-0.25, -0.2) is 0 Å². The van der Waals surface area contributed by atoms with E-state index in [-0.39, 0.29) is 6.61 Å². The predicted molar refractivity (Wildman–Crippen MR) is 69.8 cm³/mol. The van der Waals surface area contributed by atoms with Gasteiger partial charge in [0.05, 0.1) is 18.8 Å². The monoisotopic (exact) mass is 258 g/mol. The summed E-state index contributed by atoms with van der Waals surface area (Å²) in [5, 5.41) is 30.8. The van der Waals surface area contributed by atoms with E-state index >= 15 is 0 Å². The SMILES string of the molecule is CCCNC(C#N)(CSCC(O)CO)C1CC1. The lowest BCUT2D eigenvalue weighted by Crippen LogP contribution is -2.49. The van der Waals surface area contributed by atoms with Crippen molar-refractivity contribution in [2.45, 2.75) is 37.8 Å². The van der Waals surface area contributed by atoms with E-state index in [1.807, 2.05) is 0 Å². The molecule has 0 bridgehead atoms. The fourth-order valence-corrected chi connectivity index (χ4v) is 3.03. The summed E-state index contributed by atoms with van der Waals surface area (Å²) in [4.78, 5) is 0. The second-order valence-corrected chi connectivity index (χ2v) is 5.67. The Balaban J connectivity index is 2.43. The third-order valence-corrected chi connectivity index (χ3v) is 4.29. The molecule has 0 saturated heterocycles. The molecule has 1 rings (SSSR count). The van der Waals surface area contributed by atoms with E-state index in [0.29, 0.717) is 17.4 Å². The van der Waals surface area contributed by atoms with Gasteiger partial charge in [0.25, 0.3) is 0 Å².